The zero-order chi connectivity index (χ0) is 14.3. The SMILES string of the molecule is CCC(NC1C2CCOC2C1(C)C)c1ccc(C)cc1. The van der Waals surface area contributed by atoms with E-state index in [1.807, 2.05) is 0 Å². The largest absolute Gasteiger partial charge is 0.377 e. The number of aryl methyl sites for hydroxylation is 1. The fourth-order valence-electron chi connectivity index (χ4n) is 4.13. The lowest BCUT2D eigenvalue weighted by atomic mass is 9.57. The van der Waals surface area contributed by atoms with Crippen LogP contribution in [0, 0.1) is 18.3 Å². The molecule has 0 aromatic heterocycles. The highest BCUT2D eigenvalue weighted by Gasteiger charge is 2.59. The molecule has 1 aromatic rings. The van der Waals surface area contributed by atoms with Crippen LogP contribution in [-0.4, -0.2) is 18.8 Å². The van der Waals surface area contributed by atoms with Gasteiger partial charge in [-0.3, -0.25) is 0 Å². The van der Waals surface area contributed by atoms with Gasteiger partial charge in [0.25, 0.3) is 0 Å². The molecule has 3 rings (SSSR count). The first-order chi connectivity index (χ1) is 9.54. The average molecular weight is 273 g/mol. The minimum atomic E-state index is 0.263. The first kappa shape index (κ1) is 14.1. The van der Waals surface area contributed by atoms with E-state index in [2.05, 4.69) is 57.3 Å². The van der Waals surface area contributed by atoms with Crippen molar-refractivity contribution in [2.75, 3.05) is 6.61 Å². The molecule has 4 atom stereocenters. The van der Waals surface area contributed by atoms with E-state index in [0.717, 1.165) is 13.0 Å². The summed E-state index contributed by atoms with van der Waals surface area (Å²) in [6, 6.07) is 10.0. The van der Waals surface area contributed by atoms with Crippen molar-refractivity contribution >= 4 is 0 Å². The highest BCUT2D eigenvalue weighted by Crippen LogP contribution is 2.52. The van der Waals surface area contributed by atoms with Crippen molar-refractivity contribution in [3.05, 3.63) is 35.4 Å². The van der Waals surface area contributed by atoms with E-state index in [9.17, 15) is 0 Å². The summed E-state index contributed by atoms with van der Waals surface area (Å²) in [6.07, 6.45) is 2.82. The van der Waals surface area contributed by atoms with E-state index < -0.39 is 0 Å². The number of hydrogen-bond acceptors (Lipinski definition) is 2. The number of ether oxygens (including phenoxy) is 1. The molecule has 1 saturated heterocycles. The van der Waals surface area contributed by atoms with Crippen molar-refractivity contribution in [2.45, 2.75) is 58.7 Å². The van der Waals surface area contributed by atoms with Crippen molar-refractivity contribution in [3.8, 4) is 0 Å². The molecule has 1 saturated carbocycles. The Morgan fingerprint density at radius 2 is 2.00 bits per heavy atom. The molecule has 1 heterocycles. The third-order valence-corrected chi connectivity index (χ3v) is 5.37. The maximum Gasteiger partial charge on any atom is 0.0685 e. The zero-order valence-corrected chi connectivity index (χ0v) is 13.1. The van der Waals surface area contributed by atoms with E-state index in [4.69, 9.17) is 4.74 Å². The molecule has 4 unspecified atom stereocenters. The lowest BCUT2D eigenvalue weighted by Gasteiger charge is -2.56. The van der Waals surface area contributed by atoms with E-state index in [0.29, 0.717) is 24.1 Å². The molecule has 1 aliphatic carbocycles. The van der Waals surface area contributed by atoms with Gasteiger partial charge in [-0.15, -0.1) is 0 Å². The maximum absolute atomic E-state index is 5.89. The molecule has 0 spiro atoms. The third kappa shape index (κ3) is 2.19. The lowest BCUT2D eigenvalue weighted by molar-refractivity contribution is -0.115. The van der Waals surface area contributed by atoms with Crippen LogP contribution in [0.15, 0.2) is 24.3 Å². The van der Waals surface area contributed by atoms with Crippen molar-refractivity contribution in [1.82, 2.24) is 5.32 Å². The summed E-state index contributed by atoms with van der Waals surface area (Å²) < 4.78 is 5.89. The molecule has 2 aliphatic rings. The first-order valence-electron chi connectivity index (χ1n) is 7.98. The van der Waals surface area contributed by atoms with Gasteiger partial charge in [0.1, 0.15) is 0 Å². The highest BCUT2D eigenvalue weighted by atomic mass is 16.5. The maximum atomic E-state index is 5.89. The standard InChI is InChI=1S/C18H27NO/c1-5-15(13-8-6-12(2)7-9-13)19-16-14-10-11-20-17(14)18(16,3)4/h6-9,14-17,19H,5,10-11H2,1-4H3. The summed E-state index contributed by atoms with van der Waals surface area (Å²) in [7, 11) is 0. The lowest BCUT2D eigenvalue weighted by Crippen LogP contribution is -2.66. The predicted molar refractivity (Wildman–Crippen MR) is 82.8 cm³/mol. The number of rotatable bonds is 4. The van der Waals surface area contributed by atoms with Gasteiger partial charge in [-0.25, -0.2) is 0 Å². The molecule has 2 fully saturated rings. The Hall–Kier alpha value is -0.860. The van der Waals surface area contributed by atoms with Crippen molar-refractivity contribution in [2.24, 2.45) is 11.3 Å². The summed E-state index contributed by atoms with van der Waals surface area (Å²) >= 11 is 0. The molecule has 0 bridgehead atoms. The molecule has 2 heteroatoms. The number of nitrogens with one attached hydrogen (secondary N) is 1. The summed E-state index contributed by atoms with van der Waals surface area (Å²) in [4.78, 5) is 0. The molecule has 0 radical (unpaired) electrons. The van der Waals surface area contributed by atoms with Gasteiger partial charge in [-0.2, -0.15) is 0 Å². The highest BCUT2D eigenvalue weighted by molar-refractivity contribution is 5.25. The van der Waals surface area contributed by atoms with E-state index in [1.54, 1.807) is 0 Å². The van der Waals surface area contributed by atoms with Crippen LogP contribution >= 0.6 is 0 Å². The summed E-state index contributed by atoms with van der Waals surface area (Å²) in [5.74, 6) is 0.712. The summed E-state index contributed by atoms with van der Waals surface area (Å²) in [6.45, 7) is 10.1. The van der Waals surface area contributed by atoms with Crippen LogP contribution in [0.3, 0.4) is 0 Å². The fourth-order valence-corrected chi connectivity index (χ4v) is 4.13. The normalized spacial score (nSPS) is 32.5. The molecule has 110 valence electrons. The summed E-state index contributed by atoms with van der Waals surface area (Å²) in [5, 5.41) is 3.92. The smallest absolute Gasteiger partial charge is 0.0685 e. The van der Waals surface area contributed by atoms with Gasteiger partial charge in [0.05, 0.1) is 6.10 Å². The molecule has 0 amide bonds. The molecular weight excluding hydrogens is 246 g/mol. The van der Waals surface area contributed by atoms with Gasteiger partial charge in [-0.1, -0.05) is 50.6 Å². The minimum Gasteiger partial charge on any atom is -0.377 e. The topological polar surface area (TPSA) is 21.3 Å². The summed E-state index contributed by atoms with van der Waals surface area (Å²) in [5.41, 5.74) is 3.01. The molecule has 1 aliphatic heterocycles. The molecule has 2 nitrogen and oxygen atoms in total. The van der Waals surface area contributed by atoms with E-state index in [1.165, 1.54) is 17.5 Å². The van der Waals surface area contributed by atoms with Crippen LogP contribution in [-0.2, 0) is 4.74 Å². The van der Waals surface area contributed by atoms with Crippen molar-refractivity contribution < 1.29 is 4.74 Å². The third-order valence-electron chi connectivity index (χ3n) is 5.37. The van der Waals surface area contributed by atoms with Gasteiger partial charge in [0, 0.05) is 30.0 Å². The Morgan fingerprint density at radius 3 is 2.65 bits per heavy atom. The van der Waals surface area contributed by atoms with Crippen LogP contribution in [0.4, 0.5) is 0 Å². The van der Waals surface area contributed by atoms with Gasteiger partial charge >= 0.3 is 0 Å². The van der Waals surface area contributed by atoms with E-state index in [-0.39, 0.29) is 5.41 Å². The first-order valence-corrected chi connectivity index (χ1v) is 7.98. The second-order valence-corrected chi connectivity index (χ2v) is 7.08. The van der Waals surface area contributed by atoms with Crippen LogP contribution < -0.4 is 5.32 Å². The van der Waals surface area contributed by atoms with Gasteiger partial charge in [-0.05, 0) is 25.3 Å². The predicted octanol–water partition coefficient (Wildman–Crippen LogP) is 3.85. The Balaban J connectivity index is 1.73. The van der Waals surface area contributed by atoms with Crippen LogP contribution in [0.25, 0.3) is 0 Å². The van der Waals surface area contributed by atoms with Crippen LogP contribution in [0.1, 0.15) is 50.8 Å². The minimum absolute atomic E-state index is 0.263. The Labute approximate surface area is 122 Å². The van der Waals surface area contributed by atoms with E-state index >= 15 is 0 Å². The quantitative estimate of drug-likeness (QED) is 0.899. The van der Waals surface area contributed by atoms with Gasteiger partial charge in [0.15, 0.2) is 0 Å². The molecule has 1 N–H and O–H groups in total. The number of hydrogen-bond donors (Lipinski definition) is 1. The zero-order valence-electron chi connectivity index (χ0n) is 13.1. The second-order valence-electron chi connectivity index (χ2n) is 7.08. The van der Waals surface area contributed by atoms with Crippen LogP contribution in [0.5, 0.6) is 0 Å². The Kier molecular flexibility index (Phi) is 3.64. The van der Waals surface area contributed by atoms with Gasteiger partial charge in [0.2, 0.25) is 0 Å². The monoisotopic (exact) mass is 273 g/mol. The number of benzene rings is 1. The van der Waals surface area contributed by atoms with Crippen LogP contribution in [0.2, 0.25) is 0 Å². The fraction of sp³-hybridized carbons (Fsp3) is 0.667. The van der Waals surface area contributed by atoms with Gasteiger partial charge < -0.3 is 10.1 Å². The Bertz CT molecular complexity index is 465. The molecule has 1 aromatic carbocycles. The Morgan fingerprint density at radius 1 is 1.30 bits per heavy atom. The van der Waals surface area contributed by atoms with Crippen molar-refractivity contribution in [1.29, 1.82) is 0 Å². The average Bonchev–Trinajstić information content (AvgIpc) is 2.88. The second kappa shape index (κ2) is 5.16. The molecular formula is C18H27NO. The van der Waals surface area contributed by atoms with Crippen molar-refractivity contribution in [3.63, 3.8) is 0 Å². The molecule has 20 heavy (non-hydrogen) atoms. The number of fused-ring (bicyclic) bond motifs is 1.